The van der Waals surface area contributed by atoms with Crippen molar-refractivity contribution >= 4 is 12.0 Å². The molecular weight excluding hydrogens is 378 g/mol. The molecule has 2 aromatic heterocycles. The van der Waals surface area contributed by atoms with Gasteiger partial charge in [0.05, 0.1) is 11.4 Å². The van der Waals surface area contributed by atoms with Crippen LogP contribution in [0.15, 0.2) is 40.9 Å². The number of nitrogens with one attached hydrogen (secondary N) is 1. The second kappa shape index (κ2) is 8.26. The highest BCUT2D eigenvalue weighted by atomic mass is 16.5. The summed E-state index contributed by atoms with van der Waals surface area (Å²) >= 11 is 0. The van der Waals surface area contributed by atoms with Crippen LogP contribution in [0.25, 0.3) is 11.8 Å². The van der Waals surface area contributed by atoms with E-state index < -0.39 is 5.54 Å². The van der Waals surface area contributed by atoms with Crippen molar-refractivity contribution in [3.63, 3.8) is 0 Å². The standard InChI is InChI=1S/C23H27N5O2/c1-16-20(17(2)28(26-16)19-10-6-4-7-11-19)12-13-21(29)25-23(14-8-5-9-15-23)22-24-18(3)30-27-22/h4,6-7,10-13H,5,8-9,14-15H2,1-3H3,(H,25,29)/b13-12+. The molecule has 1 aliphatic carbocycles. The Labute approximate surface area is 176 Å². The van der Waals surface area contributed by atoms with E-state index >= 15 is 0 Å². The van der Waals surface area contributed by atoms with E-state index in [1.807, 2.05) is 54.9 Å². The van der Waals surface area contributed by atoms with Crippen LogP contribution in [0, 0.1) is 20.8 Å². The zero-order valence-electron chi connectivity index (χ0n) is 17.7. The van der Waals surface area contributed by atoms with Crippen molar-refractivity contribution in [2.24, 2.45) is 0 Å². The molecular formula is C23H27N5O2. The summed E-state index contributed by atoms with van der Waals surface area (Å²) in [6, 6.07) is 9.97. The summed E-state index contributed by atoms with van der Waals surface area (Å²) in [5.41, 5.74) is 3.25. The third-order valence-corrected chi connectivity index (χ3v) is 5.77. The Hall–Kier alpha value is -3.22. The third kappa shape index (κ3) is 3.92. The van der Waals surface area contributed by atoms with Crippen molar-refractivity contribution in [2.45, 2.75) is 58.4 Å². The third-order valence-electron chi connectivity index (χ3n) is 5.77. The quantitative estimate of drug-likeness (QED) is 0.644. The van der Waals surface area contributed by atoms with Gasteiger partial charge in [0.1, 0.15) is 5.54 Å². The fourth-order valence-corrected chi connectivity index (χ4v) is 4.21. The Bertz CT molecular complexity index is 1060. The molecule has 4 rings (SSSR count). The summed E-state index contributed by atoms with van der Waals surface area (Å²) in [5.74, 6) is 0.927. The summed E-state index contributed by atoms with van der Waals surface area (Å²) < 4.78 is 7.09. The summed E-state index contributed by atoms with van der Waals surface area (Å²) in [6.07, 6.45) is 8.26. The van der Waals surface area contributed by atoms with Gasteiger partial charge in [-0.25, -0.2) is 4.68 Å². The van der Waals surface area contributed by atoms with Crippen molar-refractivity contribution in [3.05, 3.63) is 65.1 Å². The lowest BCUT2D eigenvalue weighted by atomic mass is 9.81. The average molecular weight is 406 g/mol. The maximum atomic E-state index is 12.9. The molecule has 1 aliphatic rings. The van der Waals surface area contributed by atoms with Gasteiger partial charge in [0.15, 0.2) is 5.82 Å². The van der Waals surface area contributed by atoms with Gasteiger partial charge < -0.3 is 9.84 Å². The van der Waals surface area contributed by atoms with Gasteiger partial charge in [0, 0.05) is 24.3 Å². The number of amides is 1. The number of benzene rings is 1. The predicted molar refractivity (Wildman–Crippen MR) is 114 cm³/mol. The molecule has 1 N–H and O–H groups in total. The molecule has 0 bridgehead atoms. The van der Waals surface area contributed by atoms with E-state index in [4.69, 9.17) is 4.52 Å². The van der Waals surface area contributed by atoms with Crippen molar-refractivity contribution < 1.29 is 9.32 Å². The minimum atomic E-state index is -0.560. The largest absolute Gasteiger partial charge is 0.340 e. The van der Waals surface area contributed by atoms with E-state index in [1.54, 1.807) is 13.0 Å². The molecule has 7 nitrogen and oxygen atoms in total. The Morgan fingerprint density at radius 1 is 1.13 bits per heavy atom. The first-order valence-corrected chi connectivity index (χ1v) is 10.4. The lowest BCUT2D eigenvalue weighted by Crippen LogP contribution is -2.47. The van der Waals surface area contributed by atoms with E-state index in [2.05, 4.69) is 20.6 Å². The fourth-order valence-electron chi connectivity index (χ4n) is 4.21. The smallest absolute Gasteiger partial charge is 0.244 e. The summed E-state index contributed by atoms with van der Waals surface area (Å²) in [4.78, 5) is 17.3. The molecule has 1 saturated carbocycles. The lowest BCUT2D eigenvalue weighted by Gasteiger charge is -2.34. The van der Waals surface area contributed by atoms with Crippen LogP contribution in [-0.2, 0) is 10.3 Å². The van der Waals surface area contributed by atoms with Gasteiger partial charge >= 0.3 is 0 Å². The second-order valence-electron chi connectivity index (χ2n) is 7.93. The van der Waals surface area contributed by atoms with E-state index in [1.165, 1.54) is 0 Å². The SMILES string of the molecule is Cc1nc(C2(NC(=O)/C=C/c3c(C)nn(-c4ccccc4)c3C)CCCCC2)no1. The number of aryl methyl sites for hydroxylation is 2. The maximum Gasteiger partial charge on any atom is 0.244 e. The Balaban J connectivity index is 1.56. The van der Waals surface area contributed by atoms with Crippen molar-refractivity contribution in [1.82, 2.24) is 25.2 Å². The highest BCUT2D eigenvalue weighted by Crippen LogP contribution is 2.35. The van der Waals surface area contributed by atoms with Crippen LogP contribution in [0.4, 0.5) is 0 Å². The number of carbonyl (C=O) groups excluding carboxylic acids is 1. The molecule has 156 valence electrons. The molecule has 0 atom stereocenters. The predicted octanol–water partition coefficient (Wildman–Crippen LogP) is 4.17. The van der Waals surface area contributed by atoms with Gasteiger partial charge in [-0.1, -0.05) is 42.6 Å². The zero-order valence-corrected chi connectivity index (χ0v) is 17.7. The molecule has 0 aliphatic heterocycles. The van der Waals surface area contributed by atoms with Crippen LogP contribution < -0.4 is 5.32 Å². The average Bonchev–Trinajstić information content (AvgIpc) is 3.31. The van der Waals surface area contributed by atoms with Crippen molar-refractivity contribution in [2.75, 3.05) is 0 Å². The molecule has 0 saturated heterocycles. The van der Waals surface area contributed by atoms with E-state index in [9.17, 15) is 4.79 Å². The number of hydrogen-bond acceptors (Lipinski definition) is 5. The van der Waals surface area contributed by atoms with Crippen LogP contribution >= 0.6 is 0 Å². The number of carbonyl (C=O) groups is 1. The normalized spacial score (nSPS) is 16.1. The molecule has 1 aromatic carbocycles. The molecule has 0 spiro atoms. The van der Waals surface area contributed by atoms with Gasteiger partial charge in [-0.3, -0.25) is 4.79 Å². The molecule has 0 radical (unpaired) electrons. The Morgan fingerprint density at radius 3 is 2.53 bits per heavy atom. The lowest BCUT2D eigenvalue weighted by molar-refractivity contribution is -0.119. The Kier molecular flexibility index (Phi) is 5.53. The molecule has 1 fully saturated rings. The van der Waals surface area contributed by atoms with Crippen LogP contribution in [0.3, 0.4) is 0 Å². The summed E-state index contributed by atoms with van der Waals surface area (Å²) in [6.45, 7) is 5.73. The van der Waals surface area contributed by atoms with Gasteiger partial charge in [0.2, 0.25) is 11.8 Å². The number of aromatic nitrogens is 4. The number of hydrogen-bond donors (Lipinski definition) is 1. The molecule has 30 heavy (non-hydrogen) atoms. The Morgan fingerprint density at radius 2 is 1.87 bits per heavy atom. The molecule has 7 heteroatoms. The van der Waals surface area contributed by atoms with E-state index in [0.717, 1.165) is 54.7 Å². The molecule has 3 aromatic rings. The highest BCUT2D eigenvalue weighted by Gasteiger charge is 2.39. The molecule has 1 amide bonds. The van der Waals surface area contributed by atoms with Crippen LogP contribution in [0.5, 0.6) is 0 Å². The first kappa shape index (κ1) is 20.1. The minimum Gasteiger partial charge on any atom is -0.340 e. The second-order valence-corrected chi connectivity index (χ2v) is 7.93. The first-order valence-electron chi connectivity index (χ1n) is 10.4. The summed E-state index contributed by atoms with van der Waals surface area (Å²) in [7, 11) is 0. The van der Waals surface area contributed by atoms with Crippen LogP contribution in [-0.4, -0.2) is 25.8 Å². The van der Waals surface area contributed by atoms with Gasteiger partial charge in [-0.15, -0.1) is 0 Å². The first-order chi connectivity index (χ1) is 14.5. The minimum absolute atomic E-state index is 0.161. The van der Waals surface area contributed by atoms with Crippen molar-refractivity contribution in [3.8, 4) is 5.69 Å². The van der Waals surface area contributed by atoms with Gasteiger partial charge in [-0.2, -0.15) is 10.1 Å². The van der Waals surface area contributed by atoms with Crippen LogP contribution in [0.1, 0.15) is 60.8 Å². The number of nitrogens with zero attached hydrogens (tertiary/aromatic N) is 4. The van der Waals surface area contributed by atoms with Crippen LogP contribution in [0.2, 0.25) is 0 Å². The monoisotopic (exact) mass is 405 g/mol. The summed E-state index contributed by atoms with van der Waals surface area (Å²) in [5, 5.41) is 11.9. The highest BCUT2D eigenvalue weighted by molar-refractivity contribution is 5.92. The number of rotatable bonds is 5. The fraction of sp³-hybridized carbons (Fsp3) is 0.391. The van der Waals surface area contributed by atoms with E-state index in [0.29, 0.717) is 11.7 Å². The molecule has 2 heterocycles. The van der Waals surface area contributed by atoms with Crippen molar-refractivity contribution in [1.29, 1.82) is 0 Å². The maximum absolute atomic E-state index is 12.9. The van der Waals surface area contributed by atoms with Gasteiger partial charge in [-0.05, 0) is 44.9 Å². The zero-order chi connectivity index (χ0) is 21.1. The topological polar surface area (TPSA) is 85.8 Å². The number of para-hydroxylation sites is 1. The van der Waals surface area contributed by atoms with E-state index in [-0.39, 0.29) is 5.91 Å². The molecule has 0 unspecified atom stereocenters. The van der Waals surface area contributed by atoms with Gasteiger partial charge in [0.25, 0.3) is 0 Å².